The van der Waals surface area contributed by atoms with E-state index >= 15 is 0 Å². The molecule has 2 N–H and O–H groups in total. The summed E-state index contributed by atoms with van der Waals surface area (Å²) in [5.41, 5.74) is 0.976. The van der Waals surface area contributed by atoms with Gasteiger partial charge in [-0.05, 0) is 25.0 Å². The van der Waals surface area contributed by atoms with Gasteiger partial charge in [-0.25, -0.2) is 0 Å². The van der Waals surface area contributed by atoms with Crippen molar-refractivity contribution in [1.29, 1.82) is 0 Å². The summed E-state index contributed by atoms with van der Waals surface area (Å²) in [6, 6.07) is 4.76. The molecule has 1 amide bonds. The highest BCUT2D eigenvalue weighted by atomic mass is 35.5. The Morgan fingerprint density at radius 2 is 2.04 bits per heavy atom. The number of amides is 1. The first-order valence-corrected chi connectivity index (χ1v) is 7.67. The highest BCUT2D eigenvalue weighted by Gasteiger charge is 2.24. The van der Waals surface area contributed by atoms with Crippen molar-refractivity contribution in [2.45, 2.75) is 12.8 Å². The second kappa shape index (κ2) is 7.61. The van der Waals surface area contributed by atoms with E-state index in [4.69, 9.17) is 0 Å². The maximum absolute atomic E-state index is 12.1. The number of rotatable bonds is 5. The van der Waals surface area contributed by atoms with Gasteiger partial charge in [-0.2, -0.15) is 0 Å². The van der Waals surface area contributed by atoms with Crippen LogP contribution in [-0.2, 0) is 0 Å². The molecular weight excluding hydrogens is 320 g/mol. The molecule has 126 valence electrons. The van der Waals surface area contributed by atoms with E-state index in [0.29, 0.717) is 23.7 Å². The molecule has 0 unspecified atom stereocenters. The molecule has 0 aromatic heterocycles. The first-order valence-electron chi connectivity index (χ1n) is 7.67. The van der Waals surface area contributed by atoms with Crippen molar-refractivity contribution in [3.63, 3.8) is 0 Å². The number of hydrogen-bond acceptors (Lipinski definition) is 5. The topological polar surface area (TPSA) is 87.5 Å². The van der Waals surface area contributed by atoms with Crippen molar-refractivity contribution in [2.24, 2.45) is 5.92 Å². The van der Waals surface area contributed by atoms with E-state index < -0.39 is 4.92 Å². The first kappa shape index (κ1) is 17.5. The van der Waals surface area contributed by atoms with E-state index in [1.54, 1.807) is 12.1 Å². The van der Waals surface area contributed by atoms with Crippen LogP contribution in [0.1, 0.15) is 23.2 Å². The average molecular weight is 341 g/mol. The Labute approximate surface area is 141 Å². The second-order valence-electron chi connectivity index (χ2n) is 5.89. The van der Waals surface area contributed by atoms with Crippen molar-refractivity contribution < 1.29 is 9.72 Å². The molecule has 2 aliphatic rings. The molecule has 1 aromatic rings. The smallest absolute Gasteiger partial charge is 0.293 e. The van der Waals surface area contributed by atoms with E-state index in [-0.39, 0.29) is 24.0 Å². The van der Waals surface area contributed by atoms with Crippen LogP contribution < -0.4 is 15.5 Å². The number of halogens is 1. The van der Waals surface area contributed by atoms with Crippen LogP contribution >= 0.6 is 12.4 Å². The number of nitrogens with one attached hydrogen (secondary N) is 2. The minimum absolute atomic E-state index is 0. The lowest BCUT2D eigenvalue weighted by Gasteiger charge is -2.27. The van der Waals surface area contributed by atoms with E-state index in [1.165, 1.54) is 6.07 Å². The van der Waals surface area contributed by atoms with Gasteiger partial charge in [0.25, 0.3) is 11.6 Å². The molecule has 0 saturated carbocycles. The molecule has 1 aromatic carbocycles. The number of carbonyl (C=O) groups is 1. The van der Waals surface area contributed by atoms with Crippen LogP contribution in [0.15, 0.2) is 18.2 Å². The van der Waals surface area contributed by atoms with E-state index in [2.05, 4.69) is 10.6 Å². The summed E-state index contributed by atoms with van der Waals surface area (Å²) in [4.78, 5) is 25.1. The van der Waals surface area contributed by atoms with Gasteiger partial charge in [-0.1, -0.05) is 0 Å². The molecule has 2 saturated heterocycles. The summed E-state index contributed by atoms with van der Waals surface area (Å²) in [7, 11) is 0. The van der Waals surface area contributed by atoms with Crippen LogP contribution in [0.25, 0.3) is 0 Å². The maximum Gasteiger partial charge on any atom is 0.293 e. The van der Waals surface area contributed by atoms with Gasteiger partial charge in [-0.15, -0.1) is 12.4 Å². The molecule has 2 fully saturated rings. The molecular formula is C15H21ClN4O3. The number of nitrogens with zero attached hydrogens (tertiary/aromatic N) is 2. The van der Waals surface area contributed by atoms with Crippen LogP contribution in [0.4, 0.5) is 11.4 Å². The predicted octanol–water partition coefficient (Wildman–Crippen LogP) is 1.57. The van der Waals surface area contributed by atoms with Gasteiger partial charge in [0.15, 0.2) is 0 Å². The fraction of sp³-hybridized carbons (Fsp3) is 0.533. The Kier molecular flexibility index (Phi) is 5.79. The summed E-state index contributed by atoms with van der Waals surface area (Å²) < 4.78 is 0. The van der Waals surface area contributed by atoms with Crippen molar-refractivity contribution in [3.8, 4) is 0 Å². The Hall–Kier alpha value is -1.86. The van der Waals surface area contributed by atoms with Crippen LogP contribution in [-0.4, -0.2) is 43.6 Å². The third-order valence-corrected chi connectivity index (χ3v) is 4.30. The zero-order valence-corrected chi connectivity index (χ0v) is 13.6. The summed E-state index contributed by atoms with van der Waals surface area (Å²) in [5.74, 6) is 0.214. The molecule has 0 bridgehead atoms. The van der Waals surface area contributed by atoms with Crippen molar-refractivity contribution in [2.75, 3.05) is 37.6 Å². The normalized spacial score (nSPS) is 17.3. The standard InChI is InChI=1S/C15H20N4O3.ClH/c20-15(17-10-11-8-16-9-11)12-3-4-13(14(7-12)19(21)22)18-5-1-2-6-18;/h3-4,7,11,16H,1-2,5-6,8-10H2,(H,17,20);1H. The van der Waals surface area contributed by atoms with Gasteiger partial charge >= 0.3 is 0 Å². The average Bonchev–Trinajstić information content (AvgIpc) is 2.98. The summed E-state index contributed by atoms with van der Waals surface area (Å²) >= 11 is 0. The third kappa shape index (κ3) is 3.92. The van der Waals surface area contributed by atoms with Crippen molar-refractivity contribution >= 4 is 29.7 Å². The molecule has 0 atom stereocenters. The maximum atomic E-state index is 12.1. The highest BCUT2D eigenvalue weighted by Crippen LogP contribution is 2.31. The molecule has 3 rings (SSSR count). The van der Waals surface area contributed by atoms with E-state index in [1.807, 2.05) is 4.90 Å². The zero-order chi connectivity index (χ0) is 15.5. The Morgan fingerprint density at radius 3 is 2.61 bits per heavy atom. The van der Waals surface area contributed by atoms with Crippen molar-refractivity contribution in [1.82, 2.24) is 10.6 Å². The summed E-state index contributed by atoms with van der Waals surface area (Å²) in [6.45, 7) is 4.10. The van der Waals surface area contributed by atoms with Crippen LogP contribution in [0, 0.1) is 16.0 Å². The Morgan fingerprint density at radius 1 is 1.35 bits per heavy atom. The third-order valence-electron chi connectivity index (χ3n) is 4.30. The van der Waals surface area contributed by atoms with Gasteiger partial charge in [0, 0.05) is 50.3 Å². The lowest BCUT2D eigenvalue weighted by Crippen LogP contribution is -2.48. The van der Waals surface area contributed by atoms with E-state index in [0.717, 1.165) is 39.0 Å². The number of carbonyl (C=O) groups excluding carboxylic acids is 1. The minimum atomic E-state index is -0.402. The van der Waals surface area contributed by atoms with Crippen LogP contribution in [0.2, 0.25) is 0 Å². The fourth-order valence-electron chi connectivity index (χ4n) is 2.87. The molecule has 2 aliphatic heterocycles. The Bertz CT molecular complexity index is 586. The zero-order valence-electron chi connectivity index (χ0n) is 12.8. The monoisotopic (exact) mass is 340 g/mol. The van der Waals surface area contributed by atoms with E-state index in [9.17, 15) is 14.9 Å². The Balaban J connectivity index is 0.00000192. The quantitative estimate of drug-likeness (QED) is 0.627. The molecule has 0 spiro atoms. The highest BCUT2D eigenvalue weighted by molar-refractivity contribution is 5.95. The number of nitro groups is 1. The number of hydrogen-bond donors (Lipinski definition) is 2. The van der Waals surface area contributed by atoms with Crippen LogP contribution in [0.5, 0.6) is 0 Å². The summed E-state index contributed by atoms with van der Waals surface area (Å²) in [5, 5.41) is 17.3. The lowest BCUT2D eigenvalue weighted by atomic mass is 10.0. The molecule has 23 heavy (non-hydrogen) atoms. The SMILES string of the molecule is Cl.O=C(NCC1CNC1)c1ccc(N2CCCC2)c([N+](=O)[O-])c1. The first-order chi connectivity index (χ1) is 10.6. The number of anilines is 1. The number of nitro benzene ring substituents is 1. The molecule has 2 heterocycles. The molecule has 8 heteroatoms. The van der Waals surface area contributed by atoms with Gasteiger partial charge in [0.2, 0.25) is 0 Å². The van der Waals surface area contributed by atoms with Crippen LogP contribution in [0.3, 0.4) is 0 Å². The van der Waals surface area contributed by atoms with Gasteiger partial charge in [0.1, 0.15) is 5.69 Å². The number of benzene rings is 1. The molecule has 0 radical (unpaired) electrons. The van der Waals surface area contributed by atoms with Gasteiger partial charge in [0.05, 0.1) is 4.92 Å². The largest absolute Gasteiger partial charge is 0.366 e. The molecule has 7 nitrogen and oxygen atoms in total. The van der Waals surface area contributed by atoms with Crippen molar-refractivity contribution in [3.05, 3.63) is 33.9 Å². The minimum Gasteiger partial charge on any atom is -0.366 e. The lowest BCUT2D eigenvalue weighted by molar-refractivity contribution is -0.384. The predicted molar refractivity (Wildman–Crippen MR) is 90.5 cm³/mol. The summed E-state index contributed by atoms with van der Waals surface area (Å²) in [6.07, 6.45) is 2.10. The fourth-order valence-corrected chi connectivity index (χ4v) is 2.87. The van der Waals surface area contributed by atoms with Gasteiger partial charge in [-0.3, -0.25) is 14.9 Å². The second-order valence-corrected chi connectivity index (χ2v) is 5.89. The molecule has 0 aliphatic carbocycles. The van der Waals surface area contributed by atoms with Gasteiger partial charge < -0.3 is 15.5 Å².